The number of nitrogens with zero attached hydrogens (tertiary/aromatic N) is 1. The van der Waals surface area contributed by atoms with Gasteiger partial charge in [-0.25, -0.2) is 13.8 Å². The van der Waals surface area contributed by atoms with Gasteiger partial charge >= 0.3 is 0 Å². The van der Waals surface area contributed by atoms with Crippen LogP contribution in [0.3, 0.4) is 0 Å². The van der Waals surface area contributed by atoms with Gasteiger partial charge in [0.15, 0.2) is 11.6 Å². The van der Waals surface area contributed by atoms with Gasteiger partial charge in [-0.15, -0.1) is 0 Å². The van der Waals surface area contributed by atoms with Gasteiger partial charge in [-0.3, -0.25) is 4.79 Å². The van der Waals surface area contributed by atoms with Crippen LogP contribution in [0.1, 0.15) is 10.4 Å². The predicted molar refractivity (Wildman–Crippen MR) is 90.1 cm³/mol. The van der Waals surface area contributed by atoms with Crippen molar-refractivity contribution in [2.75, 3.05) is 5.32 Å². The first-order valence-corrected chi connectivity index (χ1v) is 7.55. The Kier molecular flexibility index (Phi) is 4.90. The second-order valence-corrected chi connectivity index (χ2v) is 5.43. The summed E-state index contributed by atoms with van der Waals surface area (Å²) < 4.78 is 31.8. The zero-order valence-corrected chi connectivity index (χ0v) is 13.4. The van der Waals surface area contributed by atoms with E-state index in [0.717, 1.165) is 12.1 Å². The van der Waals surface area contributed by atoms with Crippen LogP contribution in [-0.4, -0.2) is 10.9 Å². The van der Waals surface area contributed by atoms with Gasteiger partial charge in [0.25, 0.3) is 5.91 Å². The number of ether oxygens (including phenoxy) is 1. The van der Waals surface area contributed by atoms with E-state index in [2.05, 4.69) is 10.3 Å². The molecule has 2 aromatic carbocycles. The number of pyridine rings is 1. The summed E-state index contributed by atoms with van der Waals surface area (Å²) in [7, 11) is 0. The lowest BCUT2D eigenvalue weighted by Gasteiger charge is -2.10. The Morgan fingerprint density at radius 2 is 1.88 bits per heavy atom. The zero-order valence-electron chi connectivity index (χ0n) is 12.7. The fourth-order valence-electron chi connectivity index (χ4n) is 2.06. The lowest BCUT2D eigenvalue weighted by atomic mass is 10.2. The molecule has 0 saturated heterocycles. The van der Waals surface area contributed by atoms with Crippen molar-refractivity contribution in [1.82, 2.24) is 4.98 Å². The first-order valence-electron chi connectivity index (χ1n) is 7.18. The molecule has 3 aromatic rings. The maximum Gasteiger partial charge on any atom is 0.261 e. The van der Waals surface area contributed by atoms with E-state index < -0.39 is 17.5 Å². The van der Waals surface area contributed by atoms with Crippen LogP contribution in [0, 0.1) is 11.6 Å². The minimum Gasteiger partial charge on any atom is -0.438 e. The van der Waals surface area contributed by atoms with Crippen LogP contribution in [0.15, 0.2) is 60.8 Å². The van der Waals surface area contributed by atoms with E-state index in [1.807, 2.05) is 0 Å². The Bertz CT molecular complexity index is 934. The van der Waals surface area contributed by atoms with E-state index >= 15 is 0 Å². The lowest BCUT2D eigenvalue weighted by Crippen LogP contribution is -2.14. The van der Waals surface area contributed by atoms with Crippen molar-refractivity contribution < 1.29 is 18.3 Å². The zero-order chi connectivity index (χ0) is 17.8. The molecule has 0 fully saturated rings. The summed E-state index contributed by atoms with van der Waals surface area (Å²) >= 11 is 5.90. The summed E-state index contributed by atoms with van der Waals surface area (Å²) in [6, 6.07) is 12.8. The van der Waals surface area contributed by atoms with Crippen molar-refractivity contribution in [2.45, 2.75) is 0 Å². The first-order chi connectivity index (χ1) is 12.0. The van der Waals surface area contributed by atoms with Crippen molar-refractivity contribution in [3.8, 4) is 11.6 Å². The fourth-order valence-corrected chi connectivity index (χ4v) is 2.24. The Morgan fingerprint density at radius 1 is 1.04 bits per heavy atom. The highest BCUT2D eigenvalue weighted by Crippen LogP contribution is 2.26. The summed E-state index contributed by atoms with van der Waals surface area (Å²) in [5.41, 5.74) is 0.244. The number of rotatable bonds is 4. The second-order valence-electron chi connectivity index (χ2n) is 5.00. The van der Waals surface area contributed by atoms with E-state index in [1.165, 1.54) is 18.3 Å². The van der Waals surface area contributed by atoms with Crippen LogP contribution >= 0.6 is 11.6 Å². The van der Waals surface area contributed by atoms with E-state index in [1.54, 1.807) is 30.3 Å². The van der Waals surface area contributed by atoms with Crippen LogP contribution in [0.2, 0.25) is 5.02 Å². The average molecular weight is 361 g/mol. The molecular weight excluding hydrogens is 350 g/mol. The smallest absolute Gasteiger partial charge is 0.261 e. The summed E-state index contributed by atoms with van der Waals surface area (Å²) in [5.74, 6) is -2.15. The number of aromatic nitrogens is 1. The molecule has 0 atom stereocenters. The normalized spacial score (nSPS) is 10.4. The number of hydrogen-bond acceptors (Lipinski definition) is 3. The number of carbonyl (C=O) groups excluding carboxylic acids is 1. The standard InChI is InChI=1S/C18H11ClF2N2O2/c19-11-3-1-4-13(9-11)25-18-14(5-2-8-22-18)17(24)23-12-6-7-15(20)16(21)10-12/h1-10H,(H,23,24). The van der Waals surface area contributed by atoms with Gasteiger partial charge in [-0.1, -0.05) is 17.7 Å². The molecule has 0 spiro atoms. The molecule has 0 radical (unpaired) electrons. The number of anilines is 1. The number of hydrogen-bond donors (Lipinski definition) is 1. The third kappa shape index (κ3) is 4.10. The Labute approximate surface area is 147 Å². The monoisotopic (exact) mass is 360 g/mol. The van der Waals surface area contributed by atoms with Gasteiger partial charge in [-0.05, 0) is 42.5 Å². The lowest BCUT2D eigenvalue weighted by molar-refractivity contribution is 0.102. The number of carbonyl (C=O) groups is 1. The van der Waals surface area contributed by atoms with Crippen LogP contribution in [0.5, 0.6) is 11.6 Å². The molecule has 25 heavy (non-hydrogen) atoms. The quantitative estimate of drug-likeness (QED) is 0.707. The van der Waals surface area contributed by atoms with Crippen molar-refractivity contribution >= 4 is 23.2 Å². The maximum atomic E-state index is 13.3. The molecular formula is C18H11ClF2N2O2. The molecule has 0 aliphatic rings. The van der Waals surface area contributed by atoms with Crippen LogP contribution in [0.25, 0.3) is 0 Å². The molecule has 7 heteroatoms. The molecule has 3 rings (SSSR count). The third-order valence-corrected chi connectivity index (χ3v) is 3.44. The van der Waals surface area contributed by atoms with Crippen LogP contribution < -0.4 is 10.1 Å². The van der Waals surface area contributed by atoms with Crippen LogP contribution in [0.4, 0.5) is 14.5 Å². The Morgan fingerprint density at radius 3 is 2.64 bits per heavy atom. The third-order valence-electron chi connectivity index (χ3n) is 3.20. The molecule has 1 aromatic heterocycles. The molecule has 0 bridgehead atoms. The van der Waals surface area contributed by atoms with Gasteiger partial charge in [0.2, 0.25) is 5.88 Å². The predicted octanol–water partition coefficient (Wildman–Crippen LogP) is 5.06. The van der Waals surface area contributed by atoms with Gasteiger partial charge in [0, 0.05) is 23.0 Å². The van der Waals surface area contributed by atoms with Gasteiger partial charge < -0.3 is 10.1 Å². The minimum absolute atomic E-state index is 0.0600. The molecule has 0 unspecified atom stereocenters. The van der Waals surface area contributed by atoms with E-state index in [9.17, 15) is 13.6 Å². The maximum absolute atomic E-state index is 13.3. The molecule has 4 nitrogen and oxygen atoms in total. The molecule has 0 aliphatic heterocycles. The molecule has 1 amide bonds. The first kappa shape index (κ1) is 16.9. The minimum atomic E-state index is -1.06. The highest BCUT2D eigenvalue weighted by Gasteiger charge is 2.15. The summed E-state index contributed by atoms with van der Waals surface area (Å²) in [6.07, 6.45) is 1.47. The van der Waals surface area contributed by atoms with Gasteiger partial charge in [0.1, 0.15) is 11.3 Å². The van der Waals surface area contributed by atoms with E-state index in [4.69, 9.17) is 16.3 Å². The average Bonchev–Trinajstić information content (AvgIpc) is 2.59. The summed E-state index contributed by atoms with van der Waals surface area (Å²) in [4.78, 5) is 16.5. The van der Waals surface area contributed by atoms with E-state index in [-0.39, 0.29) is 17.1 Å². The number of amides is 1. The van der Waals surface area contributed by atoms with Crippen molar-refractivity contribution in [2.24, 2.45) is 0 Å². The van der Waals surface area contributed by atoms with Crippen LogP contribution in [-0.2, 0) is 0 Å². The summed E-state index contributed by atoms with van der Waals surface area (Å²) in [5, 5.41) is 2.95. The highest BCUT2D eigenvalue weighted by molar-refractivity contribution is 6.30. The fraction of sp³-hybridized carbons (Fsp3) is 0. The molecule has 1 N–H and O–H groups in total. The van der Waals surface area contributed by atoms with Gasteiger partial charge in [-0.2, -0.15) is 0 Å². The summed E-state index contributed by atoms with van der Waals surface area (Å²) in [6.45, 7) is 0. The Balaban J connectivity index is 1.84. The van der Waals surface area contributed by atoms with Gasteiger partial charge in [0.05, 0.1) is 0 Å². The van der Waals surface area contributed by atoms with Crippen molar-refractivity contribution in [3.63, 3.8) is 0 Å². The molecule has 0 aliphatic carbocycles. The Hall–Kier alpha value is -2.99. The highest BCUT2D eigenvalue weighted by atomic mass is 35.5. The number of benzene rings is 2. The van der Waals surface area contributed by atoms with Crippen molar-refractivity contribution in [3.05, 3.63) is 83.0 Å². The molecule has 126 valence electrons. The number of halogens is 3. The molecule has 0 saturated carbocycles. The molecule has 1 heterocycles. The largest absolute Gasteiger partial charge is 0.438 e. The van der Waals surface area contributed by atoms with Crippen molar-refractivity contribution in [1.29, 1.82) is 0 Å². The van der Waals surface area contributed by atoms with E-state index in [0.29, 0.717) is 10.8 Å². The topological polar surface area (TPSA) is 51.2 Å². The SMILES string of the molecule is O=C(Nc1ccc(F)c(F)c1)c1cccnc1Oc1cccc(Cl)c1. The second kappa shape index (κ2) is 7.27. The number of nitrogens with one attached hydrogen (secondary N) is 1.